The molecule has 1 aliphatic rings. The number of hydrogen-bond donors (Lipinski definition) is 2. The van der Waals surface area contributed by atoms with Gasteiger partial charge in [-0.3, -0.25) is 9.69 Å². The molecule has 0 atom stereocenters. The van der Waals surface area contributed by atoms with Gasteiger partial charge in [0, 0.05) is 67.1 Å². The van der Waals surface area contributed by atoms with Crippen molar-refractivity contribution >= 4 is 60.9 Å². The number of anilines is 3. The molecule has 0 spiro atoms. The summed E-state index contributed by atoms with van der Waals surface area (Å²) in [6.45, 7) is 19.5. The second-order valence-corrected chi connectivity index (χ2v) is 21.1. The van der Waals surface area contributed by atoms with Crippen molar-refractivity contribution in [3.8, 4) is 11.3 Å². The van der Waals surface area contributed by atoms with Crippen LogP contribution in [0, 0.1) is 5.82 Å². The molecule has 0 saturated carbocycles. The lowest BCUT2D eigenvalue weighted by Gasteiger charge is -2.36. The molecule has 4 rings (SSSR count). The number of nitrogens with one attached hydrogen (secondary N) is 2. The van der Waals surface area contributed by atoms with Crippen LogP contribution in [0.4, 0.5) is 26.4 Å². The predicted molar refractivity (Wildman–Crippen MR) is 201 cm³/mol. The Kier molecular flexibility index (Phi) is 13.3. The maximum atomic E-state index is 14.8. The van der Waals surface area contributed by atoms with Crippen LogP contribution in [-0.4, -0.2) is 96.0 Å². The fraction of sp³-hybridized carbons (Fsp3) is 0.514. The maximum absolute atomic E-state index is 14.8. The van der Waals surface area contributed by atoms with E-state index in [0.717, 1.165) is 6.42 Å². The number of rotatable bonds is 11. The average Bonchev–Trinajstić information content (AvgIpc) is 3.25. The fourth-order valence-corrected chi connectivity index (χ4v) is 6.90. The molecule has 1 fully saturated rings. The van der Waals surface area contributed by atoms with E-state index in [-0.39, 0.29) is 29.1 Å². The predicted octanol–water partition coefficient (Wildman–Crippen LogP) is 8.07. The second-order valence-electron chi connectivity index (χ2n) is 14.7. The van der Waals surface area contributed by atoms with Crippen molar-refractivity contribution in [2.24, 2.45) is 0 Å². The summed E-state index contributed by atoms with van der Waals surface area (Å²) in [6, 6.07) is 9.53. The van der Waals surface area contributed by atoms with Crippen LogP contribution in [0.5, 0.6) is 0 Å². The molecule has 3 aromatic rings. The number of benzene rings is 1. The van der Waals surface area contributed by atoms with Crippen molar-refractivity contribution in [3.63, 3.8) is 0 Å². The van der Waals surface area contributed by atoms with Gasteiger partial charge in [0.2, 0.25) is 5.91 Å². The molecule has 2 aromatic heterocycles. The third-order valence-electron chi connectivity index (χ3n) is 8.47. The number of amides is 2. The van der Waals surface area contributed by atoms with E-state index in [9.17, 15) is 14.0 Å². The minimum Gasteiger partial charge on any atom is -0.444 e. The Hall–Kier alpha value is -3.30. The van der Waals surface area contributed by atoms with Gasteiger partial charge in [0.25, 0.3) is 0 Å². The van der Waals surface area contributed by atoms with Crippen molar-refractivity contribution < 1.29 is 23.1 Å². The van der Waals surface area contributed by atoms with E-state index in [1.807, 2.05) is 25.7 Å². The highest BCUT2D eigenvalue weighted by atomic mass is 35.5. The van der Waals surface area contributed by atoms with Crippen LogP contribution in [-0.2, 0) is 14.0 Å². The Morgan fingerprint density at radius 2 is 1.78 bits per heavy atom. The van der Waals surface area contributed by atoms with E-state index >= 15 is 0 Å². The third kappa shape index (κ3) is 11.6. The summed E-state index contributed by atoms with van der Waals surface area (Å²) >= 11 is 7.67. The van der Waals surface area contributed by atoms with Gasteiger partial charge in [0.15, 0.2) is 8.32 Å². The number of carbonyl (C=O) groups is 2. The van der Waals surface area contributed by atoms with Crippen LogP contribution in [0.2, 0.25) is 23.2 Å². The molecule has 15 heteroatoms. The zero-order valence-corrected chi connectivity index (χ0v) is 32.8. The summed E-state index contributed by atoms with van der Waals surface area (Å²) in [7, 11) is -1.92. The standard InChI is InChI=1S/C35H49ClFN7O4SSi/c1-34(2,3)48-33(46)44-15-9-14-43(16-17-44)23-31(45)40-30-21-25(12-13-38-30)39-29-22-28(26-20-24(36)10-11-27(26)37)41-42-32(29)49-19-18-47-50(7,8)35(4,5)6/h10-13,20-22H,9,14-19,23H2,1-8H3,(H2,38,39,40,41,45). The highest BCUT2D eigenvalue weighted by Crippen LogP contribution is 2.37. The fourth-order valence-electron chi connectivity index (χ4n) is 4.81. The van der Waals surface area contributed by atoms with Gasteiger partial charge in [-0.15, -0.1) is 22.0 Å². The lowest BCUT2D eigenvalue weighted by molar-refractivity contribution is -0.117. The number of pyridine rings is 1. The van der Waals surface area contributed by atoms with Gasteiger partial charge in [-0.1, -0.05) is 32.4 Å². The molecule has 0 radical (unpaired) electrons. The zero-order valence-electron chi connectivity index (χ0n) is 30.2. The van der Waals surface area contributed by atoms with Crippen molar-refractivity contribution in [1.82, 2.24) is 25.0 Å². The second kappa shape index (κ2) is 16.8. The van der Waals surface area contributed by atoms with E-state index in [2.05, 4.69) is 59.7 Å². The van der Waals surface area contributed by atoms with Crippen molar-refractivity contribution in [2.45, 2.75) is 76.7 Å². The summed E-state index contributed by atoms with van der Waals surface area (Å²) in [4.78, 5) is 33.6. The molecule has 0 bridgehead atoms. The van der Waals surface area contributed by atoms with E-state index in [1.54, 1.807) is 29.3 Å². The molecule has 3 heterocycles. The Morgan fingerprint density at radius 3 is 2.50 bits per heavy atom. The van der Waals surface area contributed by atoms with Crippen molar-refractivity contribution in [3.05, 3.63) is 53.4 Å². The lowest BCUT2D eigenvalue weighted by atomic mass is 10.1. The highest BCUT2D eigenvalue weighted by molar-refractivity contribution is 7.99. The van der Waals surface area contributed by atoms with E-state index in [0.29, 0.717) is 71.5 Å². The van der Waals surface area contributed by atoms with Crippen LogP contribution in [0.3, 0.4) is 0 Å². The number of hydrogen-bond acceptors (Lipinski definition) is 10. The Labute approximate surface area is 305 Å². The molecule has 0 unspecified atom stereocenters. The average molecular weight is 746 g/mol. The molecule has 1 saturated heterocycles. The van der Waals surface area contributed by atoms with Gasteiger partial charge in [-0.05, 0) is 75.7 Å². The van der Waals surface area contributed by atoms with Crippen LogP contribution < -0.4 is 10.6 Å². The first-order valence-electron chi connectivity index (χ1n) is 16.7. The first-order valence-corrected chi connectivity index (χ1v) is 21.0. The molecule has 272 valence electrons. The minimum absolute atomic E-state index is 0.0946. The lowest BCUT2D eigenvalue weighted by Crippen LogP contribution is -2.41. The maximum Gasteiger partial charge on any atom is 0.410 e. The SMILES string of the molecule is CC(C)(C)OC(=O)N1CCCN(CC(=O)Nc2cc(Nc3cc(-c4cc(Cl)ccc4F)nnc3SCCO[Si](C)(C)C(C)(C)C)ccn2)CC1. The van der Waals surface area contributed by atoms with Gasteiger partial charge < -0.3 is 24.7 Å². The highest BCUT2D eigenvalue weighted by Gasteiger charge is 2.37. The number of carbonyl (C=O) groups excluding carboxylic acids is 2. The summed E-state index contributed by atoms with van der Waals surface area (Å²) in [5.74, 6) is 0.325. The van der Waals surface area contributed by atoms with Crippen LogP contribution in [0.15, 0.2) is 47.6 Å². The van der Waals surface area contributed by atoms with Gasteiger partial charge >= 0.3 is 6.09 Å². The molecule has 1 aliphatic heterocycles. The van der Waals surface area contributed by atoms with Gasteiger partial charge in [0.1, 0.15) is 22.3 Å². The first-order chi connectivity index (χ1) is 23.4. The normalized spacial score (nSPS) is 14.6. The summed E-state index contributed by atoms with van der Waals surface area (Å²) in [6.07, 6.45) is 1.98. The largest absolute Gasteiger partial charge is 0.444 e. The first kappa shape index (κ1) is 39.5. The van der Waals surface area contributed by atoms with Crippen LogP contribution in [0.25, 0.3) is 11.3 Å². The van der Waals surface area contributed by atoms with E-state index in [4.69, 9.17) is 20.8 Å². The number of ether oxygens (including phenoxy) is 1. The zero-order chi connectivity index (χ0) is 36.7. The van der Waals surface area contributed by atoms with Crippen LogP contribution >= 0.6 is 23.4 Å². The third-order valence-corrected chi connectivity index (χ3v) is 14.2. The minimum atomic E-state index is -1.92. The molecule has 50 heavy (non-hydrogen) atoms. The topological polar surface area (TPSA) is 122 Å². The van der Waals surface area contributed by atoms with Crippen LogP contribution in [0.1, 0.15) is 48.0 Å². The Morgan fingerprint density at radius 1 is 1.02 bits per heavy atom. The monoisotopic (exact) mass is 745 g/mol. The quantitative estimate of drug-likeness (QED) is 0.113. The number of thioether (sulfide) groups is 1. The Bertz CT molecular complexity index is 1650. The summed E-state index contributed by atoms with van der Waals surface area (Å²) < 4.78 is 26.7. The van der Waals surface area contributed by atoms with Gasteiger partial charge in [-0.2, -0.15) is 0 Å². The number of nitrogens with zero attached hydrogens (tertiary/aromatic N) is 5. The molecule has 0 aliphatic carbocycles. The molecule has 2 amide bonds. The van der Waals surface area contributed by atoms with E-state index < -0.39 is 19.7 Å². The van der Waals surface area contributed by atoms with Crippen molar-refractivity contribution in [2.75, 3.05) is 55.7 Å². The molecule has 1 aromatic carbocycles. The smallest absolute Gasteiger partial charge is 0.410 e. The molecular weight excluding hydrogens is 697 g/mol. The number of aromatic nitrogens is 3. The summed E-state index contributed by atoms with van der Waals surface area (Å²) in [5, 5.41) is 16.1. The molecule has 2 N–H and O–H groups in total. The molecule has 11 nitrogen and oxygen atoms in total. The number of halogens is 2. The summed E-state index contributed by atoms with van der Waals surface area (Å²) in [5.41, 5.74) is 1.23. The molecular formula is C35H49ClFN7O4SSi. The van der Waals surface area contributed by atoms with Gasteiger partial charge in [-0.25, -0.2) is 14.2 Å². The van der Waals surface area contributed by atoms with Crippen molar-refractivity contribution in [1.29, 1.82) is 0 Å². The Balaban J connectivity index is 1.44. The van der Waals surface area contributed by atoms with E-state index in [1.165, 1.54) is 30.0 Å². The van der Waals surface area contributed by atoms with Gasteiger partial charge in [0.05, 0.1) is 17.9 Å².